The van der Waals surface area contributed by atoms with Crippen molar-refractivity contribution >= 4 is 17.4 Å². The minimum absolute atomic E-state index is 0.590. The maximum Gasteiger partial charge on any atom is 0.207 e. The van der Waals surface area contributed by atoms with Gasteiger partial charge in [0.2, 0.25) is 6.41 Å². The first-order chi connectivity index (χ1) is 14.7. The second kappa shape index (κ2) is 11.4. The molecule has 30 heavy (non-hydrogen) atoms. The number of carbonyl (C=O) groups excluding carboxylic acids is 1. The van der Waals surface area contributed by atoms with Gasteiger partial charge in [0.05, 0.1) is 17.6 Å². The molecule has 1 N–H and O–H groups in total. The van der Waals surface area contributed by atoms with Crippen LogP contribution in [0, 0.1) is 0 Å². The second-order valence-electron chi connectivity index (χ2n) is 7.78. The number of nitrogens with one attached hydrogen (secondary N) is 1. The van der Waals surface area contributed by atoms with Gasteiger partial charge < -0.3 is 14.6 Å². The first kappa shape index (κ1) is 21.9. The second-order valence-corrected chi connectivity index (χ2v) is 7.78. The Morgan fingerprint density at radius 3 is 2.67 bits per heavy atom. The van der Waals surface area contributed by atoms with Crippen LogP contribution in [0.4, 0.5) is 0 Å². The zero-order valence-corrected chi connectivity index (χ0v) is 18.1. The SMILES string of the molecule is CCC(C)c1ccc(OCCCCn2c(CCCNC=O)nc3ccccc32)cc1. The monoisotopic (exact) mass is 407 g/mol. The number of hydrogen-bond acceptors (Lipinski definition) is 3. The maximum atomic E-state index is 10.4. The highest BCUT2D eigenvalue weighted by Gasteiger charge is 2.10. The number of aromatic nitrogens is 2. The number of unbranched alkanes of at least 4 members (excludes halogenated alkanes) is 1. The molecule has 1 heterocycles. The molecule has 0 saturated heterocycles. The van der Waals surface area contributed by atoms with Crippen molar-refractivity contribution in [2.75, 3.05) is 13.2 Å². The van der Waals surface area contributed by atoms with Gasteiger partial charge in [-0.25, -0.2) is 4.98 Å². The van der Waals surface area contributed by atoms with Crippen LogP contribution < -0.4 is 10.1 Å². The number of ether oxygens (including phenoxy) is 1. The predicted molar refractivity (Wildman–Crippen MR) is 122 cm³/mol. The van der Waals surface area contributed by atoms with Crippen LogP contribution in [-0.2, 0) is 17.8 Å². The molecule has 0 spiro atoms. The molecule has 2 aromatic carbocycles. The van der Waals surface area contributed by atoms with E-state index in [0.717, 1.165) is 62.1 Å². The van der Waals surface area contributed by atoms with Gasteiger partial charge in [-0.05, 0) is 61.4 Å². The lowest BCUT2D eigenvalue weighted by Crippen LogP contribution is -2.14. The summed E-state index contributed by atoms with van der Waals surface area (Å²) in [7, 11) is 0. The Labute approximate surface area is 179 Å². The van der Waals surface area contributed by atoms with Gasteiger partial charge in [-0.1, -0.05) is 38.1 Å². The third-order valence-electron chi connectivity index (χ3n) is 5.64. The fourth-order valence-corrected chi connectivity index (χ4v) is 3.66. The van der Waals surface area contributed by atoms with Crippen molar-refractivity contribution in [3.8, 4) is 5.75 Å². The van der Waals surface area contributed by atoms with Gasteiger partial charge in [-0.15, -0.1) is 0 Å². The first-order valence-corrected chi connectivity index (χ1v) is 11.1. The van der Waals surface area contributed by atoms with E-state index >= 15 is 0 Å². The molecular formula is C25H33N3O2. The summed E-state index contributed by atoms with van der Waals surface area (Å²) in [5.74, 6) is 2.62. The Morgan fingerprint density at radius 1 is 1.10 bits per heavy atom. The van der Waals surface area contributed by atoms with Crippen molar-refractivity contribution in [3.63, 3.8) is 0 Å². The van der Waals surface area contributed by atoms with Gasteiger partial charge in [0.1, 0.15) is 11.6 Å². The van der Waals surface area contributed by atoms with Gasteiger partial charge in [0, 0.05) is 19.5 Å². The van der Waals surface area contributed by atoms with E-state index in [0.29, 0.717) is 19.1 Å². The lowest BCUT2D eigenvalue weighted by atomic mass is 9.99. The van der Waals surface area contributed by atoms with Crippen molar-refractivity contribution < 1.29 is 9.53 Å². The Morgan fingerprint density at radius 2 is 1.90 bits per heavy atom. The van der Waals surface area contributed by atoms with Crippen molar-refractivity contribution in [3.05, 3.63) is 59.9 Å². The van der Waals surface area contributed by atoms with E-state index in [9.17, 15) is 4.79 Å². The average Bonchev–Trinajstić information content (AvgIpc) is 3.14. The number of para-hydroxylation sites is 2. The fraction of sp³-hybridized carbons (Fsp3) is 0.440. The van der Waals surface area contributed by atoms with E-state index < -0.39 is 0 Å². The largest absolute Gasteiger partial charge is 0.494 e. The van der Waals surface area contributed by atoms with E-state index in [1.807, 2.05) is 6.07 Å². The molecule has 1 amide bonds. The molecule has 0 radical (unpaired) electrons. The van der Waals surface area contributed by atoms with E-state index in [1.165, 1.54) is 11.1 Å². The highest BCUT2D eigenvalue weighted by Crippen LogP contribution is 2.22. The van der Waals surface area contributed by atoms with Crippen LogP contribution in [0.3, 0.4) is 0 Å². The number of amides is 1. The summed E-state index contributed by atoms with van der Waals surface area (Å²) in [6.45, 7) is 6.78. The number of carbonyl (C=O) groups is 1. The molecule has 160 valence electrons. The van der Waals surface area contributed by atoms with Crippen molar-refractivity contribution in [1.29, 1.82) is 0 Å². The zero-order chi connectivity index (χ0) is 21.2. The van der Waals surface area contributed by atoms with Crippen LogP contribution in [-0.4, -0.2) is 29.1 Å². The first-order valence-electron chi connectivity index (χ1n) is 11.1. The Hall–Kier alpha value is -2.82. The molecule has 0 fully saturated rings. The smallest absolute Gasteiger partial charge is 0.207 e. The van der Waals surface area contributed by atoms with E-state index in [1.54, 1.807) is 0 Å². The van der Waals surface area contributed by atoms with Gasteiger partial charge in [0.25, 0.3) is 0 Å². The number of benzene rings is 2. The molecule has 3 aromatic rings. The fourth-order valence-electron chi connectivity index (χ4n) is 3.66. The van der Waals surface area contributed by atoms with Crippen LogP contribution in [0.5, 0.6) is 5.75 Å². The molecule has 1 aromatic heterocycles. The average molecular weight is 408 g/mol. The van der Waals surface area contributed by atoms with Crippen LogP contribution in [0.25, 0.3) is 11.0 Å². The van der Waals surface area contributed by atoms with E-state index in [2.05, 4.69) is 66.2 Å². The minimum atomic E-state index is 0.590. The van der Waals surface area contributed by atoms with E-state index in [-0.39, 0.29) is 0 Å². The van der Waals surface area contributed by atoms with Gasteiger partial charge in [-0.3, -0.25) is 4.79 Å². The molecule has 0 bridgehead atoms. The van der Waals surface area contributed by atoms with Crippen LogP contribution in [0.15, 0.2) is 48.5 Å². The standard InChI is InChI=1S/C25H33N3O2/c1-3-20(2)21-12-14-22(15-13-21)30-18-7-6-17-28-24-10-5-4-9-23(24)27-25(28)11-8-16-26-19-29/h4-5,9-10,12-15,19-20H,3,6-8,11,16-18H2,1-2H3,(H,26,29). The molecule has 5 heteroatoms. The van der Waals surface area contributed by atoms with Crippen molar-refractivity contribution in [2.24, 2.45) is 0 Å². The zero-order valence-electron chi connectivity index (χ0n) is 18.1. The number of fused-ring (bicyclic) bond motifs is 1. The molecule has 5 nitrogen and oxygen atoms in total. The molecule has 0 aliphatic heterocycles. The number of rotatable bonds is 13. The topological polar surface area (TPSA) is 56.1 Å². The highest BCUT2D eigenvalue weighted by molar-refractivity contribution is 5.75. The molecule has 1 unspecified atom stereocenters. The Balaban J connectivity index is 1.50. The molecule has 0 aliphatic carbocycles. The van der Waals surface area contributed by atoms with Crippen LogP contribution in [0.1, 0.15) is 56.8 Å². The van der Waals surface area contributed by atoms with Crippen molar-refractivity contribution in [1.82, 2.24) is 14.9 Å². The predicted octanol–water partition coefficient (Wildman–Crippen LogP) is 5.09. The molecular weight excluding hydrogens is 374 g/mol. The van der Waals surface area contributed by atoms with Gasteiger partial charge >= 0.3 is 0 Å². The summed E-state index contributed by atoms with van der Waals surface area (Å²) in [5, 5.41) is 2.73. The van der Waals surface area contributed by atoms with Crippen molar-refractivity contribution in [2.45, 2.75) is 58.4 Å². The maximum absolute atomic E-state index is 10.4. The van der Waals surface area contributed by atoms with Crippen LogP contribution >= 0.6 is 0 Å². The number of nitrogens with zero attached hydrogens (tertiary/aromatic N) is 2. The summed E-state index contributed by atoms with van der Waals surface area (Å²) in [5.41, 5.74) is 3.58. The van der Waals surface area contributed by atoms with Gasteiger partial charge in [-0.2, -0.15) is 0 Å². The molecule has 3 rings (SSSR count). The van der Waals surface area contributed by atoms with Crippen LogP contribution in [0.2, 0.25) is 0 Å². The third kappa shape index (κ3) is 5.85. The van der Waals surface area contributed by atoms with Gasteiger partial charge in [0.15, 0.2) is 0 Å². The normalized spacial score (nSPS) is 12.1. The summed E-state index contributed by atoms with van der Waals surface area (Å²) >= 11 is 0. The highest BCUT2D eigenvalue weighted by atomic mass is 16.5. The summed E-state index contributed by atoms with van der Waals surface area (Å²) in [6.07, 6.45) is 5.67. The number of hydrogen-bond donors (Lipinski definition) is 1. The molecule has 0 aliphatic rings. The third-order valence-corrected chi connectivity index (χ3v) is 5.64. The summed E-state index contributed by atoms with van der Waals surface area (Å²) in [6, 6.07) is 16.8. The summed E-state index contributed by atoms with van der Waals surface area (Å²) < 4.78 is 8.25. The Kier molecular flexibility index (Phi) is 8.30. The Bertz CT molecular complexity index is 918. The lowest BCUT2D eigenvalue weighted by molar-refractivity contribution is -0.109. The molecule has 1 atom stereocenters. The number of imidazole rings is 1. The van der Waals surface area contributed by atoms with E-state index in [4.69, 9.17) is 9.72 Å². The lowest BCUT2D eigenvalue weighted by Gasteiger charge is -2.12. The minimum Gasteiger partial charge on any atom is -0.494 e. The quantitative estimate of drug-likeness (QED) is 0.317. The summed E-state index contributed by atoms with van der Waals surface area (Å²) in [4.78, 5) is 15.2. The number of aryl methyl sites for hydroxylation is 2. The molecule has 0 saturated carbocycles.